The lowest BCUT2D eigenvalue weighted by Gasteiger charge is -2.24. The van der Waals surface area contributed by atoms with Crippen LogP contribution in [0.2, 0.25) is 0 Å². The molecule has 3 rings (SSSR count). The molecule has 144 valence electrons. The first-order chi connectivity index (χ1) is 13.2. The van der Waals surface area contributed by atoms with Crippen molar-refractivity contribution in [3.8, 4) is 17.2 Å². The molecule has 0 saturated carbocycles. The van der Waals surface area contributed by atoms with Gasteiger partial charge in [0, 0.05) is 30.2 Å². The van der Waals surface area contributed by atoms with E-state index in [0.717, 1.165) is 5.75 Å². The molecule has 1 aliphatic heterocycles. The maximum absolute atomic E-state index is 10.3. The number of hydrogen-bond donors (Lipinski definition) is 2. The zero-order valence-corrected chi connectivity index (χ0v) is 16.1. The number of phenols is 1. The molecular weight excluding hydrogens is 340 g/mol. The quantitative estimate of drug-likeness (QED) is 0.704. The summed E-state index contributed by atoms with van der Waals surface area (Å²) in [7, 11) is 1.70. The fraction of sp³-hybridized carbons (Fsp3) is 0.409. The van der Waals surface area contributed by atoms with Crippen LogP contribution < -0.4 is 14.4 Å². The summed E-state index contributed by atoms with van der Waals surface area (Å²) in [4.78, 5) is 6.24. The highest BCUT2D eigenvalue weighted by Crippen LogP contribution is 2.28. The smallest absolute Gasteiger partial charge is 0.166 e. The van der Waals surface area contributed by atoms with Crippen molar-refractivity contribution in [1.82, 2.24) is 0 Å². The number of phenolic OH excluding ortho intramolecular Hbond substituents is 1. The lowest BCUT2D eigenvalue weighted by atomic mass is 10.1. The van der Waals surface area contributed by atoms with E-state index in [-0.39, 0.29) is 11.8 Å². The van der Waals surface area contributed by atoms with E-state index in [1.165, 1.54) is 31.5 Å². The van der Waals surface area contributed by atoms with Gasteiger partial charge in [0.2, 0.25) is 0 Å². The number of aliphatic imine (C=N–C) groups is 1. The van der Waals surface area contributed by atoms with Gasteiger partial charge in [-0.2, -0.15) is 0 Å². The van der Waals surface area contributed by atoms with Crippen molar-refractivity contribution in [2.45, 2.75) is 25.8 Å². The van der Waals surface area contributed by atoms with Crippen LogP contribution in [0.5, 0.6) is 17.2 Å². The molecule has 0 spiro atoms. The van der Waals surface area contributed by atoms with Gasteiger partial charge in [0.25, 0.3) is 0 Å². The molecule has 0 unspecified atom stereocenters. The van der Waals surface area contributed by atoms with Gasteiger partial charge in [0.1, 0.15) is 11.8 Å². The number of rotatable bonds is 8. The van der Waals surface area contributed by atoms with Gasteiger partial charge in [0.15, 0.2) is 11.5 Å². The Kier molecular flexibility index (Phi) is 6.71. The number of methoxy groups -OCH3 is 1. The summed E-state index contributed by atoms with van der Waals surface area (Å²) >= 11 is 0. The third-order valence-corrected chi connectivity index (χ3v) is 5.08. The molecule has 0 radical (unpaired) electrons. The van der Waals surface area contributed by atoms with Gasteiger partial charge in [0.05, 0.1) is 33.4 Å². The second-order valence-electron chi connectivity index (χ2n) is 6.82. The second-order valence-corrected chi connectivity index (χ2v) is 6.82. The van der Waals surface area contributed by atoms with Crippen LogP contribution in [0.1, 0.15) is 36.9 Å². The molecule has 0 bridgehead atoms. The number of ether oxygens (including phenoxy) is 2. The van der Waals surface area contributed by atoms with Crippen LogP contribution in [0.3, 0.4) is 0 Å². The maximum Gasteiger partial charge on any atom is 0.166 e. The van der Waals surface area contributed by atoms with Gasteiger partial charge in [-0.1, -0.05) is 18.2 Å². The Bertz CT molecular complexity index is 770. The molecule has 1 heterocycles. The standard InChI is InChI=1S/C22H28N2O3/c1-3-27-21-11-7-9-18(22(21)25)15-23-16-20(24-12-4-5-13-24)17-8-6-10-19(14-17)26-2/h6-11,14-15,20,25H,3-5,12-13,16H2,1-2H3/p+1/t20-/m1/s1. The Hall–Kier alpha value is -2.53. The Labute approximate surface area is 161 Å². The van der Waals surface area contributed by atoms with Crippen molar-refractivity contribution in [3.05, 3.63) is 53.6 Å². The van der Waals surface area contributed by atoms with Crippen molar-refractivity contribution in [2.24, 2.45) is 4.99 Å². The van der Waals surface area contributed by atoms with E-state index in [4.69, 9.17) is 9.47 Å². The molecule has 0 aromatic heterocycles. The number of para-hydroxylation sites is 1. The first-order valence-electron chi connectivity index (χ1n) is 9.66. The highest BCUT2D eigenvalue weighted by molar-refractivity contribution is 5.84. The number of nitrogens with one attached hydrogen (secondary N) is 1. The summed E-state index contributed by atoms with van der Waals surface area (Å²) in [5.74, 6) is 1.52. The highest BCUT2D eigenvalue weighted by Gasteiger charge is 2.27. The Morgan fingerprint density at radius 1 is 1.19 bits per heavy atom. The van der Waals surface area contributed by atoms with Gasteiger partial charge in [-0.05, 0) is 31.2 Å². The normalized spacial score (nSPS) is 15.9. The zero-order valence-electron chi connectivity index (χ0n) is 16.1. The Morgan fingerprint density at radius 3 is 2.70 bits per heavy atom. The third-order valence-electron chi connectivity index (χ3n) is 5.08. The van der Waals surface area contributed by atoms with Gasteiger partial charge >= 0.3 is 0 Å². The van der Waals surface area contributed by atoms with Crippen molar-refractivity contribution >= 4 is 6.21 Å². The van der Waals surface area contributed by atoms with Crippen molar-refractivity contribution in [2.75, 3.05) is 33.4 Å². The summed E-state index contributed by atoms with van der Waals surface area (Å²) in [6, 6.07) is 14.1. The Balaban J connectivity index is 1.78. The van der Waals surface area contributed by atoms with Crippen LogP contribution in [-0.4, -0.2) is 44.7 Å². The fourth-order valence-electron chi connectivity index (χ4n) is 3.68. The van der Waals surface area contributed by atoms with Gasteiger partial charge < -0.3 is 19.5 Å². The molecule has 5 nitrogen and oxygen atoms in total. The van der Waals surface area contributed by atoms with Crippen LogP contribution in [0.15, 0.2) is 47.5 Å². The maximum atomic E-state index is 10.3. The number of nitrogens with zero attached hydrogens (tertiary/aromatic N) is 1. The number of aromatic hydroxyl groups is 1. The first-order valence-corrected chi connectivity index (χ1v) is 9.66. The summed E-state index contributed by atoms with van der Waals surface area (Å²) in [6.45, 7) is 5.42. The van der Waals surface area contributed by atoms with Crippen LogP contribution in [-0.2, 0) is 0 Å². The molecule has 1 aliphatic rings. The zero-order chi connectivity index (χ0) is 19.1. The van der Waals surface area contributed by atoms with E-state index < -0.39 is 0 Å². The Morgan fingerprint density at radius 2 is 1.96 bits per heavy atom. The van der Waals surface area contributed by atoms with Crippen molar-refractivity contribution < 1.29 is 19.5 Å². The van der Waals surface area contributed by atoms with Crippen LogP contribution >= 0.6 is 0 Å². The van der Waals surface area contributed by atoms with Crippen molar-refractivity contribution in [1.29, 1.82) is 0 Å². The minimum atomic E-state index is 0.148. The van der Waals surface area contributed by atoms with E-state index in [2.05, 4.69) is 17.1 Å². The molecule has 27 heavy (non-hydrogen) atoms. The molecule has 0 amide bonds. The summed E-state index contributed by atoms with van der Waals surface area (Å²) in [5, 5.41) is 10.3. The second kappa shape index (κ2) is 9.42. The molecular formula is C22H29N2O3+. The lowest BCUT2D eigenvalue weighted by Crippen LogP contribution is -3.10. The largest absolute Gasteiger partial charge is 0.504 e. The third kappa shape index (κ3) is 4.80. The average molecular weight is 369 g/mol. The molecule has 1 atom stereocenters. The number of benzene rings is 2. The molecule has 1 saturated heterocycles. The predicted molar refractivity (Wildman–Crippen MR) is 107 cm³/mol. The number of likely N-dealkylation sites (tertiary alicyclic amines) is 1. The van der Waals surface area contributed by atoms with E-state index in [1.807, 2.05) is 31.2 Å². The molecule has 1 fully saturated rings. The van der Waals surface area contributed by atoms with Gasteiger partial charge in [-0.3, -0.25) is 4.99 Å². The number of quaternary nitrogens is 1. The predicted octanol–water partition coefficient (Wildman–Crippen LogP) is 2.64. The minimum Gasteiger partial charge on any atom is -0.504 e. The van der Waals surface area contributed by atoms with Crippen molar-refractivity contribution in [3.63, 3.8) is 0 Å². The van der Waals surface area contributed by atoms with Gasteiger partial charge in [-0.15, -0.1) is 0 Å². The van der Waals surface area contributed by atoms with E-state index in [9.17, 15) is 5.11 Å². The highest BCUT2D eigenvalue weighted by atomic mass is 16.5. The summed E-state index contributed by atoms with van der Waals surface area (Å²) in [6.07, 6.45) is 4.27. The molecule has 0 aliphatic carbocycles. The van der Waals surface area contributed by atoms with E-state index in [0.29, 0.717) is 24.5 Å². The van der Waals surface area contributed by atoms with Crippen LogP contribution in [0.4, 0.5) is 0 Å². The van der Waals surface area contributed by atoms with Crippen LogP contribution in [0.25, 0.3) is 0 Å². The van der Waals surface area contributed by atoms with Crippen LogP contribution in [0, 0.1) is 0 Å². The monoisotopic (exact) mass is 369 g/mol. The first kappa shape index (κ1) is 19.2. The molecule has 2 aromatic rings. The summed E-state index contributed by atoms with van der Waals surface area (Å²) < 4.78 is 10.8. The van der Waals surface area contributed by atoms with E-state index >= 15 is 0 Å². The minimum absolute atomic E-state index is 0.148. The topological polar surface area (TPSA) is 55.5 Å². The SMILES string of the molecule is CCOc1cccc(C=NC[C@H](c2cccc(OC)c2)[NH+]2CCCC2)c1O. The molecule has 5 heteroatoms. The lowest BCUT2D eigenvalue weighted by molar-refractivity contribution is -0.918. The van der Waals surface area contributed by atoms with E-state index in [1.54, 1.807) is 24.3 Å². The van der Waals surface area contributed by atoms with Gasteiger partial charge in [-0.25, -0.2) is 0 Å². The number of hydrogen-bond acceptors (Lipinski definition) is 4. The summed E-state index contributed by atoms with van der Waals surface area (Å²) in [5.41, 5.74) is 1.93. The fourth-order valence-corrected chi connectivity index (χ4v) is 3.68. The molecule has 2 N–H and O–H groups in total. The molecule has 2 aromatic carbocycles. The average Bonchev–Trinajstić information content (AvgIpc) is 3.22.